The van der Waals surface area contributed by atoms with Gasteiger partial charge in [-0.2, -0.15) is 0 Å². The molecule has 1 aromatic carbocycles. The molecule has 134 valence electrons. The van der Waals surface area contributed by atoms with Gasteiger partial charge < -0.3 is 14.0 Å². The average Bonchev–Trinajstić information content (AvgIpc) is 3.25. The lowest BCUT2D eigenvalue weighted by Gasteiger charge is -2.07. The molecule has 0 aliphatic rings. The third-order valence-corrected chi connectivity index (χ3v) is 4.78. The summed E-state index contributed by atoms with van der Waals surface area (Å²) in [6, 6.07) is 4.24. The molecule has 4 aromatic rings. The number of benzene rings is 1. The Labute approximate surface area is 151 Å². The van der Waals surface area contributed by atoms with Crippen molar-refractivity contribution in [1.82, 2.24) is 20.3 Å². The topological polar surface area (TPSA) is 80.7 Å². The van der Waals surface area contributed by atoms with Crippen molar-refractivity contribution in [3.63, 3.8) is 0 Å². The highest BCUT2D eigenvalue weighted by Gasteiger charge is 2.21. The maximum absolute atomic E-state index is 5.41. The Hall–Kier alpha value is -2.89. The highest BCUT2D eigenvalue weighted by Crippen LogP contribution is 2.38. The molecule has 3 heterocycles. The molecule has 0 fully saturated rings. The second-order valence-electron chi connectivity index (χ2n) is 7.10. The van der Waals surface area contributed by atoms with E-state index in [2.05, 4.69) is 41.3 Å². The quantitative estimate of drug-likeness (QED) is 0.547. The number of rotatable bonds is 3. The minimum atomic E-state index is 0.308. The van der Waals surface area contributed by atoms with Crippen LogP contribution in [0.4, 0.5) is 0 Å². The van der Waals surface area contributed by atoms with Crippen LogP contribution in [0.1, 0.15) is 48.5 Å². The van der Waals surface area contributed by atoms with E-state index in [1.807, 2.05) is 27.7 Å². The van der Waals surface area contributed by atoms with E-state index in [1.165, 1.54) is 0 Å². The van der Waals surface area contributed by atoms with Gasteiger partial charge in [0.25, 0.3) is 0 Å². The summed E-state index contributed by atoms with van der Waals surface area (Å²) in [5.41, 5.74) is 7.70. The number of fused-ring (bicyclic) bond motifs is 1. The fourth-order valence-electron chi connectivity index (χ4n) is 3.51. The van der Waals surface area contributed by atoms with Gasteiger partial charge >= 0.3 is 0 Å². The number of hydrogen-bond donors (Lipinski definition) is 1. The molecule has 0 atom stereocenters. The first-order valence-electron chi connectivity index (χ1n) is 8.77. The molecule has 0 unspecified atom stereocenters. The van der Waals surface area contributed by atoms with Crippen molar-refractivity contribution in [1.29, 1.82) is 0 Å². The van der Waals surface area contributed by atoms with Gasteiger partial charge in [-0.1, -0.05) is 24.2 Å². The molecule has 4 rings (SSSR count). The first kappa shape index (κ1) is 16.6. The molecule has 0 spiro atoms. The van der Waals surface area contributed by atoms with Crippen LogP contribution in [0.2, 0.25) is 0 Å². The lowest BCUT2D eigenvalue weighted by atomic mass is 9.96. The number of nitrogens with zero attached hydrogens (tertiary/aromatic N) is 3. The number of nitrogens with one attached hydrogen (secondary N) is 1. The molecule has 1 N–H and O–H groups in total. The molecule has 26 heavy (non-hydrogen) atoms. The fraction of sp³-hybridized carbons (Fsp3) is 0.350. The van der Waals surface area contributed by atoms with E-state index < -0.39 is 0 Å². The van der Waals surface area contributed by atoms with Crippen LogP contribution in [0.15, 0.2) is 21.2 Å². The highest BCUT2D eigenvalue weighted by molar-refractivity contribution is 5.97. The molecule has 0 radical (unpaired) electrons. The predicted octanol–water partition coefficient (Wildman–Crippen LogP) is 5.23. The van der Waals surface area contributed by atoms with Gasteiger partial charge in [-0.25, -0.2) is 4.98 Å². The Kier molecular flexibility index (Phi) is 3.72. The van der Waals surface area contributed by atoms with Gasteiger partial charge in [0.2, 0.25) is 0 Å². The predicted molar refractivity (Wildman–Crippen MR) is 100 cm³/mol. The Balaban J connectivity index is 2.08. The van der Waals surface area contributed by atoms with E-state index in [0.29, 0.717) is 5.92 Å². The van der Waals surface area contributed by atoms with Crippen molar-refractivity contribution >= 4 is 11.0 Å². The summed E-state index contributed by atoms with van der Waals surface area (Å²) in [4.78, 5) is 8.32. The molecule has 0 amide bonds. The summed E-state index contributed by atoms with van der Waals surface area (Å²) in [6.45, 7) is 12.0. The minimum absolute atomic E-state index is 0.308. The van der Waals surface area contributed by atoms with E-state index >= 15 is 0 Å². The number of hydrogen-bond acceptors (Lipinski definition) is 5. The Morgan fingerprint density at radius 3 is 2.04 bits per heavy atom. The van der Waals surface area contributed by atoms with E-state index in [9.17, 15) is 0 Å². The van der Waals surface area contributed by atoms with E-state index in [1.54, 1.807) is 0 Å². The summed E-state index contributed by atoms with van der Waals surface area (Å²) < 4.78 is 10.8. The van der Waals surface area contributed by atoms with Crippen LogP contribution in [-0.2, 0) is 0 Å². The third-order valence-electron chi connectivity index (χ3n) is 4.78. The van der Waals surface area contributed by atoms with Crippen molar-refractivity contribution in [3.05, 3.63) is 40.9 Å². The normalized spacial score (nSPS) is 11.8. The van der Waals surface area contributed by atoms with Gasteiger partial charge in [-0.15, -0.1) is 0 Å². The molecular formula is C20H22N4O2. The lowest BCUT2D eigenvalue weighted by molar-refractivity contribution is 0.393. The maximum atomic E-state index is 5.41. The molecule has 0 saturated carbocycles. The van der Waals surface area contributed by atoms with Crippen LogP contribution in [-0.4, -0.2) is 20.3 Å². The van der Waals surface area contributed by atoms with Crippen LogP contribution >= 0.6 is 0 Å². The summed E-state index contributed by atoms with van der Waals surface area (Å²) in [5, 5.41) is 8.23. The van der Waals surface area contributed by atoms with Crippen molar-refractivity contribution in [3.8, 4) is 22.3 Å². The fourth-order valence-corrected chi connectivity index (χ4v) is 3.51. The van der Waals surface area contributed by atoms with Gasteiger partial charge in [-0.05, 0) is 45.4 Å². The molecule has 0 saturated heterocycles. The Morgan fingerprint density at radius 2 is 1.50 bits per heavy atom. The molecule has 6 nitrogen and oxygen atoms in total. The Bertz CT molecular complexity index is 1080. The zero-order valence-electron chi connectivity index (χ0n) is 15.9. The average molecular weight is 350 g/mol. The van der Waals surface area contributed by atoms with Crippen LogP contribution in [0.5, 0.6) is 0 Å². The zero-order valence-corrected chi connectivity index (χ0v) is 15.9. The van der Waals surface area contributed by atoms with Crippen molar-refractivity contribution in [2.45, 2.75) is 47.5 Å². The molecule has 3 aromatic heterocycles. The first-order valence-corrected chi connectivity index (χ1v) is 8.77. The largest absolute Gasteiger partial charge is 0.361 e. The zero-order chi connectivity index (χ0) is 18.6. The van der Waals surface area contributed by atoms with Crippen LogP contribution < -0.4 is 0 Å². The van der Waals surface area contributed by atoms with Gasteiger partial charge in [0, 0.05) is 22.6 Å². The van der Waals surface area contributed by atoms with Crippen molar-refractivity contribution < 1.29 is 9.05 Å². The second kappa shape index (κ2) is 5.83. The van der Waals surface area contributed by atoms with Crippen LogP contribution in [0.3, 0.4) is 0 Å². The lowest BCUT2D eigenvalue weighted by Crippen LogP contribution is -1.89. The summed E-state index contributed by atoms with van der Waals surface area (Å²) in [6.07, 6.45) is 0. The number of imidazole rings is 1. The van der Waals surface area contributed by atoms with Crippen molar-refractivity contribution in [2.75, 3.05) is 0 Å². The van der Waals surface area contributed by atoms with Crippen LogP contribution in [0.25, 0.3) is 33.3 Å². The number of aromatic nitrogens is 4. The first-order chi connectivity index (χ1) is 12.4. The Morgan fingerprint density at radius 1 is 0.885 bits per heavy atom. The van der Waals surface area contributed by atoms with Gasteiger partial charge in [0.15, 0.2) is 0 Å². The molecule has 0 aliphatic heterocycles. The maximum Gasteiger partial charge on any atom is 0.141 e. The van der Waals surface area contributed by atoms with Gasteiger partial charge in [0.05, 0.1) is 22.4 Å². The standard InChI is InChI=1S/C20H22N4O2/c1-9(2)20-21-16-8-14(17-10(3)23-25-12(17)5)7-15(19(16)22-20)18-11(4)24-26-13(18)6/h7-9H,1-6H3,(H,21,22). The summed E-state index contributed by atoms with van der Waals surface area (Å²) in [7, 11) is 0. The van der Waals surface area contributed by atoms with E-state index in [0.717, 1.165) is 62.0 Å². The number of aromatic amines is 1. The monoisotopic (exact) mass is 350 g/mol. The van der Waals surface area contributed by atoms with E-state index in [4.69, 9.17) is 14.0 Å². The molecule has 0 aliphatic carbocycles. The summed E-state index contributed by atoms with van der Waals surface area (Å²) in [5.74, 6) is 2.86. The summed E-state index contributed by atoms with van der Waals surface area (Å²) >= 11 is 0. The second-order valence-corrected chi connectivity index (χ2v) is 7.10. The molecule has 0 bridgehead atoms. The SMILES string of the molecule is Cc1noc(C)c1-c1cc(-c2c(C)noc2C)c2nc(C(C)C)[nH]c2c1. The molecule has 6 heteroatoms. The number of aryl methyl sites for hydroxylation is 4. The number of H-pyrrole nitrogens is 1. The van der Waals surface area contributed by atoms with E-state index in [-0.39, 0.29) is 0 Å². The highest BCUT2D eigenvalue weighted by atomic mass is 16.5. The third kappa shape index (κ3) is 2.44. The van der Waals surface area contributed by atoms with Crippen molar-refractivity contribution in [2.24, 2.45) is 0 Å². The van der Waals surface area contributed by atoms with Gasteiger partial charge in [-0.3, -0.25) is 0 Å². The molecular weight excluding hydrogens is 328 g/mol. The minimum Gasteiger partial charge on any atom is -0.361 e. The van der Waals surface area contributed by atoms with Gasteiger partial charge in [0.1, 0.15) is 17.3 Å². The van der Waals surface area contributed by atoms with Crippen LogP contribution in [0, 0.1) is 27.7 Å². The smallest absolute Gasteiger partial charge is 0.141 e.